The number of hydrogen-bond acceptors (Lipinski definition) is 5. The minimum atomic E-state index is -1.02. The number of carbonyl (C=O) groups excluding carboxylic acids is 1. The van der Waals surface area contributed by atoms with Crippen LogP contribution in [0, 0.1) is 18.3 Å². The number of carbonyl (C=O) groups is 2. The van der Waals surface area contributed by atoms with Crippen LogP contribution >= 0.6 is 0 Å². The van der Waals surface area contributed by atoms with Gasteiger partial charge in [-0.3, -0.25) is 4.79 Å². The van der Waals surface area contributed by atoms with Gasteiger partial charge in [-0.05, 0) is 61.9 Å². The lowest BCUT2D eigenvalue weighted by Gasteiger charge is -2.06. The van der Waals surface area contributed by atoms with Gasteiger partial charge in [-0.1, -0.05) is 12.1 Å². The largest absolute Gasteiger partial charge is 0.494 e. The van der Waals surface area contributed by atoms with Gasteiger partial charge < -0.3 is 19.6 Å². The molecule has 0 atom stereocenters. The van der Waals surface area contributed by atoms with Crippen LogP contribution in [0.25, 0.3) is 17.4 Å². The molecule has 0 unspecified atom stereocenters. The molecule has 0 spiro atoms. The summed E-state index contributed by atoms with van der Waals surface area (Å²) in [5, 5.41) is 21.4. The molecule has 0 aliphatic carbocycles. The number of nitriles is 1. The summed E-state index contributed by atoms with van der Waals surface area (Å²) in [7, 11) is 0. The zero-order valence-corrected chi connectivity index (χ0v) is 17.0. The average Bonchev–Trinajstić information content (AvgIpc) is 3.22. The Bertz CT molecular complexity index is 1180. The molecule has 0 saturated heterocycles. The molecule has 1 amide bonds. The first-order valence-corrected chi connectivity index (χ1v) is 9.52. The van der Waals surface area contributed by atoms with E-state index in [0.29, 0.717) is 40.7 Å². The molecule has 7 nitrogen and oxygen atoms in total. The van der Waals surface area contributed by atoms with Crippen molar-refractivity contribution in [2.24, 2.45) is 0 Å². The molecule has 1 heterocycles. The normalized spacial score (nSPS) is 10.9. The highest BCUT2D eigenvalue weighted by Gasteiger charge is 2.15. The summed E-state index contributed by atoms with van der Waals surface area (Å²) in [5.41, 5.74) is 1.76. The molecular weight excluding hydrogens is 396 g/mol. The summed E-state index contributed by atoms with van der Waals surface area (Å²) in [6.07, 6.45) is 1.34. The second-order valence-electron chi connectivity index (χ2n) is 6.57. The number of carboxylic acid groups (broad SMARTS) is 1. The number of anilines is 1. The fourth-order valence-electron chi connectivity index (χ4n) is 3.00. The van der Waals surface area contributed by atoms with Crippen LogP contribution in [0.3, 0.4) is 0 Å². The van der Waals surface area contributed by atoms with Crippen LogP contribution in [0.1, 0.15) is 28.6 Å². The number of hydrogen-bond donors (Lipinski definition) is 2. The predicted molar refractivity (Wildman–Crippen MR) is 116 cm³/mol. The van der Waals surface area contributed by atoms with Crippen LogP contribution < -0.4 is 10.1 Å². The molecule has 156 valence electrons. The van der Waals surface area contributed by atoms with E-state index in [1.807, 2.05) is 13.0 Å². The lowest BCUT2D eigenvalue weighted by atomic mass is 10.0. The number of ether oxygens (including phenoxy) is 1. The third-order valence-corrected chi connectivity index (χ3v) is 4.53. The van der Waals surface area contributed by atoms with E-state index in [-0.39, 0.29) is 11.1 Å². The molecule has 0 aliphatic rings. The molecule has 1 aromatic heterocycles. The number of amides is 1. The van der Waals surface area contributed by atoms with Crippen LogP contribution in [0.4, 0.5) is 5.69 Å². The Balaban J connectivity index is 1.80. The Kier molecular flexibility index (Phi) is 6.53. The Morgan fingerprint density at radius 2 is 1.90 bits per heavy atom. The van der Waals surface area contributed by atoms with Gasteiger partial charge in [0.2, 0.25) is 0 Å². The lowest BCUT2D eigenvalue weighted by Crippen LogP contribution is -2.13. The standard InChI is InChI=1S/C24H20N2O5/c1-3-30-18-9-7-17(8-10-18)26-23(27)16(14-25)13-19-11-12-22(31-19)20-5-4-6-21(15(20)2)24(28)29/h4-13H,3H2,1-2H3,(H,26,27)(H,28,29). The first kappa shape index (κ1) is 21.4. The van der Waals surface area contributed by atoms with Crippen molar-refractivity contribution in [1.29, 1.82) is 5.26 Å². The average molecular weight is 416 g/mol. The molecule has 3 rings (SSSR count). The van der Waals surface area contributed by atoms with Crippen LogP contribution in [-0.2, 0) is 4.79 Å². The molecule has 0 bridgehead atoms. The molecule has 2 aromatic carbocycles. The van der Waals surface area contributed by atoms with Crippen LogP contribution in [0.2, 0.25) is 0 Å². The van der Waals surface area contributed by atoms with Crippen LogP contribution in [0.15, 0.2) is 64.6 Å². The summed E-state index contributed by atoms with van der Waals surface area (Å²) in [4.78, 5) is 23.8. The molecule has 0 radical (unpaired) electrons. The number of carboxylic acids is 1. The molecular formula is C24H20N2O5. The number of aromatic carboxylic acids is 1. The van der Waals surface area contributed by atoms with Gasteiger partial charge in [0.25, 0.3) is 5.91 Å². The maximum atomic E-state index is 12.5. The van der Waals surface area contributed by atoms with Crippen molar-refractivity contribution < 1.29 is 23.8 Å². The molecule has 0 aliphatic heterocycles. The first-order valence-electron chi connectivity index (χ1n) is 9.52. The predicted octanol–water partition coefficient (Wildman–Crippen LogP) is 4.90. The third kappa shape index (κ3) is 5.00. The van der Waals surface area contributed by atoms with Crippen molar-refractivity contribution in [3.63, 3.8) is 0 Å². The maximum Gasteiger partial charge on any atom is 0.335 e. The first-order chi connectivity index (χ1) is 14.9. The lowest BCUT2D eigenvalue weighted by molar-refractivity contribution is -0.112. The number of nitrogens with zero attached hydrogens (tertiary/aromatic N) is 1. The SMILES string of the molecule is CCOc1ccc(NC(=O)C(C#N)=Cc2ccc(-c3cccc(C(=O)O)c3C)o2)cc1. The van der Waals surface area contributed by atoms with E-state index in [9.17, 15) is 20.0 Å². The topological polar surface area (TPSA) is 113 Å². The van der Waals surface area contributed by atoms with E-state index in [1.165, 1.54) is 12.1 Å². The fourth-order valence-corrected chi connectivity index (χ4v) is 3.00. The minimum absolute atomic E-state index is 0.134. The van der Waals surface area contributed by atoms with Crippen molar-refractivity contribution in [1.82, 2.24) is 0 Å². The summed E-state index contributed by atoms with van der Waals surface area (Å²) in [6, 6.07) is 16.9. The molecule has 0 saturated carbocycles. The fraction of sp³-hybridized carbons (Fsp3) is 0.125. The van der Waals surface area contributed by atoms with E-state index in [4.69, 9.17) is 9.15 Å². The van der Waals surface area contributed by atoms with E-state index < -0.39 is 11.9 Å². The van der Waals surface area contributed by atoms with Crippen LogP contribution in [-0.4, -0.2) is 23.6 Å². The van der Waals surface area contributed by atoms with Crippen molar-refractivity contribution in [3.8, 4) is 23.1 Å². The van der Waals surface area contributed by atoms with Crippen molar-refractivity contribution in [2.45, 2.75) is 13.8 Å². The summed E-state index contributed by atoms with van der Waals surface area (Å²) in [6.45, 7) is 4.12. The number of benzene rings is 2. The Hall–Kier alpha value is -4.31. The summed E-state index contributed by atoms with van der Waals surface area (Å²) in [5.74, 6) is -0.177. The van der Waals surface area contributed by atoms with Gasteiger partial charge in [-0.25, -0.2) is 4.79 Å². The Labute approximate surface area is 179 Å². The van der Waals surface area contributed by atoms with Gasteiger partial charge in [-0.15, -0.1) is 0 Å². The summed E-state index contributed by atoms with van der Waals surface area (Å²) >= 11 is 0. The number of furan rings is 1. The third-order valence-electron chi connectivity index (χ3n) is 4.53. The van der Waals surface area contributed by atoms with Gasteiger partial charge in [-0.2, -0.15) is 5.26 Å². The number of nitrogens with one attached hydrogen (secondary N) is 1. The second-order valence-corrected chi connectivity index (χ2v) is 6.57. The number of rotatable bonds is 7. The highest BCUT2D eigenvalue weighted by atomic mass is 16.5. The van der Waals surface area contributed by atoms with Gasteiger partial charge in [0.05, 0.1) is 12.2 Å². The molecule has 7 heteroatoms. The van der Waals surface area contributed by atoms with E-state index >= 15 is 0 Å². The smallest absolute Gasteiger partial charge is 0.335 e. The van der Waals surface area contributed by atoms with Crippen molar-refractivity contribution in [3.05, 3.63) is 77.1 Å². The Morgan fingerprint density at radius 1 is 1.16 bits per heavy atom. The molecule has 2 N–H and O–H groups in total. The quantitative estimate of drug-likeness (QED) is 0.418. The monoisotopic (exact) mass is 416 g/mol. The molecule has 0 fully saturated rings. The molecule has 3 aromatic rings. The van der Waals surface area contributed by atoms with Crippen molar-refractivity contribution in [2.75, 3.05) is 11.9 Å². The zero-order chi connectivity index (χ0) is 22.4. The molecule has 31 heavy (non-hydrogen) atoms. The van der Waals surface area contributed by atoms with E-state index in [1.54, 1.807) is 55.5 Å². The van der Waals surface area contributed by atoms with E-state index in [0.717, 1.165) is 0 Å². The second kappa shape index (κ2) is 9.46. The van der Waals surface area contributed by atoms with E-state index in [2.05, 4.69) is 5.32 Å². The van der Waals surface area contributed by atoms with Crippen molar-refractivity contribution >= 4 is 23.6 Å². The van der Waals surface area contributed by atoms with Gasteiger partial charge in [0.15, 0.2) is 0 Å². The maximum absolute atomic E-state index is 12.5. The highest BCUT2D eigenvalue weighted by molar-refractivity contribution is 6.09. The minimum Gasteiger partial charge on any atom is -0.494 e. The van der Waals surface area contributed by atoms with Crippen LogP contribution in [0.5, 0.6) is 5.75 Å². The van der Waals surface area contributed by atoms with Gasteiger partial charge in [0, 0.05) is 17.3 Å². The Morgan fingerprint density at radius 3 is 2.55 bits per heavy atom. The zero-order valence-electron chi connectivity index (χ0n) is 17.0. The van der Waals surface area contributed by atoms with Gasteiger partial charge in [0.1, 0.15) is 28.9 Å². The highest BCUT2D eigenvalue weighted by Crippen LogP contribution is 2.28. The summed E-state index contributed by atoms with van der Waals surface area (Å²) < 4.78 is 11.1. The van der Waals surface area contributed by atoms with Gasteiger partial charge >= 0.3 is 5.97 Å².